The van der Waals surface area contributed by atoms with Gasteiger partial charge in [-0.3, -0.25) is 16.1 Å². The molecule has 6 heteroatoms. The summed E-state index contributed by atoms with van der Waals surface area (Å²) in [6.45, 7) is 6.72. The van der Waals surface area contributed by atoms with Crippen LogP contribution in [0.5, 0.6) is 0 Å². The molecule has 0 heterocycles. The van der Waals surface area contributed by atoms with Crippen LogP contribution in [0.3, 0.4) is 0 Å². The largest absolute Gasteiger partial charge is 0.334 e. The van der Waals surface area contributed by atoms with Crippen LogP contribution in [-0.4, -0.2) is 22.4 Å². The lowest BCUT2D eigenvalue weighted by molar-refractivity contribution is 0.223. The highest BCUT2D eigenvalue weighted by Gasteiger charge is 2.24. The predicted molar refractivity (Wildman–Crippen MR) is 105 cm³/mol. The molecule has 0 saturated heterocycles. The zero-order valence-electron chi connectivity index (χ0n) is 14.7. The van der Waals surface area contributed by atoms with Gasteiger partial charge in [-0.2, -0.15) is 0 Å². The molecule has 0 aliphatic heterocycles. The Morgan fingerprint density at radius 1 is 1.00 bits per heavy atom. The molecule has 2 aromatic rings. The summed E-state index contributed by atoms with van der Waals surface area (Å²) in [7, 11) is 0. The average molecular weight is 358 g/mol. The van der Waals surface area contributed by atoms with Crippen molar-refractivity contribution in [1.82, 2.24) is 10.2 Å². The van der Waals surface area contributed by atoms with Gasteiger partial charge in [-0.25, -0.2) is 0 Å². The summed E-state index contributed by atoms with van der Waals surface area (Å²) < 4.78 is 0. The number of benzene rings is 2. The molecule has 0 unspecified atom stereocenters. The molecule has 0 aliphatic rings. The van der Waals surface area contributed by atoms with E-state index in [0.717, 1.165) is 11.3 Å². The first-order valence-corrected chi connectivity index (χ1v) is 8.42. The molecule has 5 nitrogen and oxygen atoms in total. The van der Waals surface area contributed by atoms with Gasteiger partial charge in [0.2, 0.25) is 0 Å². The second-order valence-corrected chi connectivity index (χ2v) is 7.16. The van der Waals surface area contributed by atoms with Crippen molar-refractivity contribution < 1.29 is 0 Å². The van der Waals surface area contributed by atoms with Crippen molar-refractivity contribution in [2.24, 2.45) is 0 Å². The minimum Gasteiger partial charge on any atom is -0.334 e. The van der Waals surface area contributed by atoms with Crippen LogP contribution < -0.4 is 10.6 Å². The number of hydrogen-bond acceptors (Lipinski definition) is 2. The second-order valence-electron chi connectivity index (χ2n) is 6.72. The van der Waals surface area contributed by atoms with E-state index < -0.39 is 0 Å². The molecule has 2 aromatic carbocycles. The van der Waals surface area contributed by atoms with Crippen molar-refractivity contribution >= 4 is 29.2 Å². The highest BCUT2D eigenvalue weighted by molar-refractivity contribution is 6.30. The van der Waals surface area contributed by atoms with Gasteiger partial charge in [0.1, 0.15) is 0 Å². The zero-order valence-corrected chi connectivity index (χ0v) is 15.5. The SMILES string of the molecule is CC(C)(C)N(Cc1ccccc1)C(=N)NC(=N)Nc1ccc(Cl)cc1. The summed E-state index contributed by atoms with van der Waals surface area (Å²) in [4.78, 5) is 1.92. The number of hydrogen-bond donors (Lipinski definition) is 4. The van der Waals surface area contributed by atoms with Gasteiger partial charge >= 0.3 is 0 Å². The van der Waals surface area contributed by atoms with Crippen LogP contribution >= 0.6 is 11.6 Å². The zero-order chi connectivity index (χ0) is 18.4. The van der Waals surface area contributed by atoms with Crippen molar-refractivity contribution in [3.63, 3.8) is 0 Å². The van der Waals surface area contributed by atoms with Crippen molar-refractivity contribution in [3.05, 3.63) is 65.2 Å². The molecule has 0 aliphatic carbocycles. The Morgan fingerprint density at radius 2 is 1.60 bits per heavy atom. The van der Waals surface area contributed by atoms with Gasteiger partial charge in [0.15, 0.2) is 11.9 Å². The molecule has 0 fully saturated rings. The summed E-state index contributed by atoms with van der Waals surface area (Å²) in [6, 6.07) is 17.1. The maximum atomic E-state index is 8.39. The van der Waals surface area contributed by atoms with Crippen molar-refractivity contribution in [3.8, 4) is 0 Å². The summed E-state index contributed by atoms with van der Waals surface area (Å²) in [6.07, 6.45) is 0. The third kappa shape index (κ3) is 5.80. The molecule has 132 valence electrons. The van der Waals surface area contributed by atoms with Crippen LogP contribution in [-0.2, 0) is 6.54 Å². The van der Waals surface area contributed by atoms with Gasteiger partial charge < -0.3 is 10.2 Å². The summed E-state index contributed by atoms with van der Waals surface area (Å²) in [5.74, 6) is 0.206. The fourth-order valence-electron chi connectivity index (χ4n) is 2.31. The molecule has 0 bridgehead atoms. The van der Waals surface area contributed by atoms with E-state index in [1.807, 2.05) is 56.0 Å². The van der Waals surface area contributed by atoms with Crippen LogP contribution in [0.2, 0.25) is 5.02 Å². The molecule has 0 saturated carbocycles. The second kappa shape index (κ2) is 8.03. The van der Waals surface area contributed by atoms with Crippen LogP contribution in [0.1, 0.15) is 26.3 Å². The summed E-state index contributed by atoms with van der Waals surface area (Å²) in [5, 5.41) is 22.8. The van der Waals surface area contributed by atoms with Crippen LogP contribution in [0.25, 0.3) is 0 Å². The normalized spacial score (nSPS) is 10.9. The smallest absolute Gasteiger partial charge is 0.199 e. The lowest BCUT2D eigenvalue weighted by atomic mass is 10.0. The van der Waals surface area contributed by atoms with E-state index in [9.17, 15) is 0 Å². The molecule has 0 radical (unpaired) electrons. The lowest BCUT2D eigenvalue weighted by Crippen LogP contribution is -2.52. The number of guanidine groups is 2. The van der Waals surface area contributed by atoms with Crippen LogP contribution in [0, 0.1) is 10.8 Å². The van der Waals surface area contributed by atoms with Crippen molar-refractivity contribution in [2.45, 2.75) is 32.9 Å². The standard InChI is InChI=1S/C19H24ClN5/c1-19(2,3)25(13-14-7-5-4-6-8-14)18(22)24-17(21)23-16-11-9-15(20)10-12-16/h4-12H,13H2,1-3H3,(H4,21,22,23,24). The highest BCUT2D eigenvalue weighted by Crippen LogP contribution is 2.17. The van der Waals surface area contributed by atoms with Crippen molar-refractivity contribution in [1.29, 1.82) is 10.8 Å². The third-order valence-corrected chi connectivity index (χ3v) is 3.87. The third-order valence-electron chi connectivity index (χ3n) is 3.62. The fourth-order valence-corrected chi connectivity index (χ4v) is 2.44. The Kier molecular flexibility index (Phi) is 6.04. The molecule has 0 spiro atoms. The first-order chi connectivity index (χ1) is 11.8. The minimum absolute atomic E-state index is 0.0367. The molecule has 0 aromatic heterocycles. The Balaban J connectivity index is 2.03. The number of nitrogens with one attached hydrogen (secondary N) is 4. The molecule has 25 heavy (non-hydrogen) atoms. The molecule has 2 rings (SSSR count). The van der Waals surface area contributed by atoms with E-state index >= 15 is 0 Å². The van der Waals surface area contributed by atoms with Gasteiger partial charge in [-0.15, -0.1) is 0 Å². The first kappa shape index (κ1) is 18.8. The monoisotopic (exact) mass is 357 g/mol. The first-order valence-electron chi connectivity index (χ1n) is 8.04. The van der Waals surface area contributed by atoms with E-state index in [2.05, 4.69) is 10.6 Å². The molecule has 0 amide bonds. The molecular formula is C19H24ClN5. The highest BCUT2D eigenvalue weighted by atomic mass is 35.5. The topological polar surface area (TPSA) is 75.0 Å². The average Bonchev–Trinajstić information content (AvgIpc) is 2.54. The van der Waals surface area contributed by atoms with Gasteiger partial charge in [0.05, 0.1) is 0 Å². The fraction of sp³-hybridized carbons (Fsp3) is 0.263. The Labute approximate surface area is 154 Å². The number of halogens is 1. The quantitative estimate of drug-likeness (QED) is 0.482. The lowest BCUT2D eigenvalue weighted by Gasteiger charge is -2.37. The predicted octanol–water partition coefficient (Wildman–Crippen LogP) is 4.51. The van der Waals surface area contributed by atoms with Gasteiger partial charge in [0.25, 0.3) is 0 Å². The van der Waals surface area contributed by atoms with E-state index in [1.165, 1.54) is 0 Å². The number of rotatable bonds is 3. The molecule has 4 N–H and O–H groups in total. The van der Waals surface area contributed by atoms with E-state index in [-0.39, 0.29) is 17.5 Å². The molecular weight excluding hydrogens is 334 g/mol. The summed E-state index contributed by atoms with van der Waals surface area (Å²) in [5.41, 5.74) is 1.58. The Bertz CT molecular complexity index is 720. The van der Waals surface area contributed by atoms with E-state index in [0.29, 0.717) is 11.6 Å². The Morgan fingerprint density at radius 3 is 2.16 bits per heavy atom. The van der Waals surface area contributed by atoms with Crippen LogP contribution in [0.15, 0.2) is 54.6 Å². The van der Waals surface area contributed by atoms with Crippen molar-refractivity contribution in [2.75, 3.05) is 5.32 Å². The maximum Gasteiger partial charge on any atom is 0.199 e. The summed E-state index contributed by atoms with van der Waals surface area (Å²) >= 11 is 5.86. The number of anilines is 1. The molecule has 0 atom stereocenters. The van der Waals surface area contributed by atoms with Gasteiger partial charge in [-0.05, 0) is 50.6 Å². The van der Waals surface area contributed by atoms with Crippen LogP contribution in [0.4, 0.5) is 5.69 Å². The van der Waals surface area contributed by atoms with E-state index in [4.69, 9.17) is 22.4 Å². The van der Waals surface area contributed by atoms with Gasteiger partial charge in [0, 0.05) is 22.8 Å². The van der Waals surface area contributed by atoms with E-state index in [1.54, 1.807) is 24.3 Å². The maximum absolute atomic E-state index is 8.39. The van der Waals surface area contributed by atoms with Gasteiger partial charge in [-0.1, -0.05) is 41.9 Å². The number of nitrogens with zero attached hydrogens (tertiary/aromatic N) is 1. The minimum atomic E-state index is -0.263. The Hall–Kier alpha value is -2.53.